The summed E-state index contributed by atoms with van der Waals surface area (Å²) in [5.41, 5.74) is 6.79. The summed E-state index contributed by atoms with van der Waals surface area (Å²) in [6, 6.07) is 3.37. The Morgan fingerprint density at radius 1 is 1.37 bits per heavy atom. The van der Waals surface area contributed by atoms with Crippen molar-refractivity contribution in [2.45, 2.75) is 17.1 Å². The number of nitrogens with two attached hydrogens (primary N) is 1. The first-order chi connectivity index (χ1) is 9.11. The van der Waals surface area contributed by atoms with Crippen LogP contribution in [-0.4, -0.2) is 26.0 Å². The number of nitrogens with zero attached hydrogens (tertiary/aromatic N) is 4. The third kappa shape index (κ3) is 3.12. The van der Waals surface area contributed by atoms with Gasteiger partial charge < -0.3 is 10.9 Å². The fourth-order valence-corrected chi connectivity index (χ4v) is 2.42. The highest BCUT2D eigenvalue weighted by atomic mass is 35.5. The van der Waals surface area contributed by atoms with Crippen LogP contribution in [0.1, 0.15) is 11.3 Å². The van der Waals surface area contributed by atoms with Crippen LogP contribution >= 0.6 is 23.4 Å². The van der Waals surface area contributed by atoms with Crippen LogP contribution in [-0.2, 0) is 0 Å². The molecule has 0 aliphatic carbocycles. The van der Waals surface area contributed by atoms with E-state index in [9.17, 15) is 0 Å². The molecule has 2 heterocycles. The molecule has 0 aliphatic rings. The van der Waals surface area contributed by atoms with Crippen molar-refractivity contribution >= 4 is 29.2 Å². The highest BCUT2D eigenvalue weighted by molar-refractivity contribution is 7.99. The van der Waals surface area contributed by atoms with Crippen molar-refractivity contribution in [1.82, 2.24) is 15.0 Å². The van der Waals surface area contributed by atoms with E-state index in [1.54, 1.807) is 18.3 Å². The Morgan fingerprint density at radius 2 is 2.11 bits per heavy atom. The summed E-state index contributed by atoms with van der Waals surface area (Å²) >= 11 is 7.37. The number of amidine groups is 1. The van der Waals surface area contributed by atoms with Crippen molar-refractivity contribution < 1.29 is 5.21 Å². The molecule has 0 unspecified atom stereocenters. The van der Waals surface area contributed by atoms with Crippen LogP contribution in [0.5, 0.6) is 0 Å². The third-order valence-electron chi connectivity index (χ3n) is 2.20. The fourth-order valence-electron chi connectivity index (χ4n) is 1.31. The number of hydrogen-bond donors (Lipinski definition) is 2. The molecule has 0 saturated heterocycles. The van der Waals surface area contributed by atoms with E-state index in [0.29, 0.717) is 20.8 Å². The molecule has 2 rings (SSSR count). The van der Waals surface area contributed by atoms with E-state index in [4.69, 9.17) is 22.5 Å². The quantitative estimate of drug-likeness (QED) is 0.296. The minimum absolute atomic E-state index is 0.0700. The fraction of sp³-hybridized carbons (Fsp3) is 0.0909. The second kappa shape index (κ2) is 5.85. The molecule has 0 aliphatic heterocycles. The number of aryl methyl sites for hydroxylation is 1. The van der Waals surface area contributed by atoms with Crippen LogP contribution in [0, 0.1) is 6.92 Å². The molecule has 2 aromatic rings. The van der Waals surface area contributed by atoms with Crippen molar-refractivity contribution in [3.8, 4) is 0 Å². The molecule has 0 bridgehead atoms. The Bertz CT molecular complexity index is 634. The summed E-state index contributed by atoms with van der Waals surface area (Å²) in [4.78, 5) is 12.5. The zero-order chi connectivity index (χ0) is 13.8. The van der Waals surface area contributed by atoms with E-state index in [-0.39, 0.29) is 5.84 Å². The van der Waals surface area contributed by atoms with Crippen molar-refractivity contribution in [2.24, 2.45) is 10.9 Å². The lowest BCUT2D eigenvalue weighted by molar-refractivity contribution is 0.318. The van der Waals surface area contributed by atoms with Gasteiger partial charge in [0.1, 0.15) is 5.03 Å². The minimum atomic E-state index is -0.0700. The Labute approximate surface area is 118 Å². The van der Waals surface area contributed by atoms with Gasteiger partial charge in [0.25, 0.3) is 0 Å². The number of hydrogen-bond acceptors (Lipinski definition) is 6. The number of halogens is 1. The molecular weight excluding hydrogens is 286 g/mol. The molecule has 0 radical (unpaired) electrons. The molecule has 2 aromatic heterocycles. The van der Waals surface area contributed by atoms with Gasteiger partial charge in [0.05, 0.1) is 5.02 Å². The van der Waals surface area contributed by atoms with Crippen LogP contribution < -0.4 is 5.73 Å². The first-order valence-electron chi connectivity index (χ1n) is 5.21. The highest BCUT2D eigenvalue weighted by Crippen LogP contribution is 2.31. The molecule has 3 N–H and O–H groups in total. The van der Waals surface area contributed by atoms with E-state index in [2.05, 4.69) is 20.1 Å². The van der Waals surface area contributed by atoms with Gasteiger partial charge in [-0.2, -0.15) is 0 Å². The predicted molar refractivity (Wildman–Crippen MR) is 72.6 cm³/mol. The van der Waals surface area contributed by atoms with E-state index >= 15 is 0 Å². The molecule has 0 saturated carbocycles. The van der Waals surface area contributed by atoms with Crippen molar-refractivity contribution in [3.05, 3.63) is 40.8 Å². The van der Waals surface area contributed by atoms with Gasteiger partial charge in [-0.1, -0.05) is 16.8 Å². The SMILES string of the molecule is Cc1ccnc(Sc2nccc(/C(N)=N/O)c2Cl)n1. The molecule has 0 fully saturated rings. The predicted octanol–water partition coefficient (Wildman–Crippen LogP) is 2.08. The summed E-state index contributed by atoms with van der Waals surface area (Å²) in [6.07, 6.45) is 3.18. The molecule has 8 heteroatoms. The maximum absolute atomic E-state index is 8.68. The normalized spacial score (nSPS) is 11.6. The van der Waals surface area contributed by atoms with Gasteiger partial charge in [0.15, 0.2) is 11.0 Å². The topological polar surface area (TPSA) is 97.3 Å². The summed E-state index contributed by atoms with van der Waals surface area (Å²) < 4.78 is 0. The Kier molecular flexibility index (Phi) is 4.18. The smallest absolute Gasteiger partial charge is 0.194 e. The van der Waals surface area contributed by atoms with Gasteiger partial charge in [0.2, 0.25) is 0 Å². The molecule has 0 amide bonds. The average molecular weight is 296 g/mol. The van der Waals surface area contributed by atoms with Gasteiger partial charge in [-0.05, 0) is 30.8 Å². The van der Waals surface area contributed by atoms with E-state index < -0.39 is 0 Å². The van der Waals surface area contributed by atoms with E-state index in [1.165, 1.54) is 18.0 Å². The maximum atomic E-state index is 8.68. The largest absolute Gasteiger partial charge is 0.409 e. The molecule has 19 heavy (non-hydrogen) atoms. The monoisotopic (exact) mass is 295 g/mol. The summed E-state index contributed by atoms with van der Waals surface area (Å²) in [5, 5.41) is 12.9. The first-order valence-corrected chi connectivity index (χ1v) is 6.41. The number of rotatable bonds is 3. The lowest BCUT2D eigenvalue weighted by Gasteiger charge is -2.06. The lowest BCUT2D eigenvalue weighted by atomic mass is 10.2. The maximum Gasteiger partial charge on any atom is 0.194 e. The third-order valence-corrected chi connectivity index (χ3v) is 3.58. The van der Waals surface area contributed by atoms with Gasteiger partial charge in [0, 0.05) is 23.7 Å². The minimum Gasteiger partial charge on any atom is -0.409 e. The Hall–Kier alpha value is -1.86. The van der Waals surface area contributed by atoms with Gasteiger partial charge in [-0.25, -0.2) is 15.0 Å². The molecule has 0 atom stereocenters. The molecular formula is C11H10ClN5OS. The number of aromatic nitrogens is 3. The van der Waals surface area contributed by atoms with Crippen molar-refractivity contribution in [3.63, 3.8) is 0 Å². The zero-order valence-electron chi connectivity index (χ0n) is 9.91. The summed E-state index contributed by atoms with van der Waals surface area (Å²) in [5.74, 6) is -0.0700. The van der Waals surface area contributed by atoms with Crippen LogP contribution in [0.15, 0.2) is 39.9 Å². The first kappa shape index (κ1) is 13.6. The standard InChI is InChI=1S/C11H10ClN5OS/c1-6-2-4-15-11(16-6)19-10-8(12)7(3-5-14-10)9(13)17-18/h2-5,18H,1H3,(H2,13,17). The lowest BCUT2D eigenvalue weighted by Crippen LogP contribution is -2.14. The van der Waals surface area contributed by atoms with Crippen LogP contribution in [0.2, 0.25) is 5.02 Å². The van der Waals surface area contributed by atoms with Crippen LogP contribution in [0.3, 0.4) is 0 Å². The summed E-state index contributed by atoms with van der Waals surface area (Å²) in [7, 11) is 0. The zero-order valence-corrected chi connectivity index (χ0v) is 11.5. The van der Waals surface area contributed by atoms with Crippen molar-refractivity contribution in [1.29, 1.82) is 0 Å². The summed E-state index contributed by atoms with van der Waals surface area (Å²) in [6.45, 7) is 1.87. The average Bonchev–Trinajstić information content (AvgIpc) is 2.40. The second-order valence-electron chi connectivity index (χ2n) is 3.55. The Morgan fingerprint density at radius 3 is 2.79 bits per heavy atom. The van der Waals surface area contributed by atoms with Crippen LogP contribution in [0.25, 0.3) is 0 Å². The molecule has 0 aromatic carbocycles. The highest BCUT2D eigenvalue weighted by Gasteiger charge is 2.13. The molecule has 6 nitrogen and oxygen atoms in total. The molecule has 0 spiro atoms. The number of oxime groups is 1. The van der Waals surface area contributed by atoms with Gasteiger partial charge in [-0.3, -0.25) is 0 Å². The second-order valence-corrected chi connectivity index (χ2v) is 4.88. The molecule has 98 valence electrons. The van der Waals surface area contributed by atoms with E-state index in [1.807, 2.05) is 6.92 Å². The van der Waals surface area contributed by atoms with Crippen LogP contribution in [0.4, 0.5) is 0 Å². The van der Waals surface area contributed by atoms with E-state index in [0.717, 1.165) is 5.69 Å². The van der Waals surface area contributed by atoms with Gasteiger partial charge >= 0.3 is 0 Å². The Balaban J connectivity index is 2.36. The number of pyridine rings is 1. The van der Waals surface area contributed by atoms with Crippen molar-refractivity contribution in [2.75, 3.05) is 0 Å². The van der Waals surface area contributed by atoms with Gasteiger partial charge in [-0.15, -0.1) is 0 Å².